The summed E-state index contributed by atoms with van der Waals surface area (Å²) in [6.07, 6.45) is 1.08. The van der Waals surface area contributed by atoms with E-state index in [0.29, 0.717) is 0 Å². The maximum absolute atomic E-state index is 11.1. The Morgan fingerprint density at radius 2 is 2.38 bits per heavy atom. The van der Waals surface area contributed by atoms with Crippen molar-refractivity contribution in [3.63, 3.8) is 0 Å². The zero-order valence-electron chi connectivity index (χ0n) is 9.32. The average molecular weight is 220 g/mol. The van der Waals surface area contributed by atoms with E-state index in [9.17, 15) is 4.79 Å². The van der Waals surface area contributed by atoms with Crippen LogP contribution in [0.1, 0.15) is 17.3 Å². The molecule has 86 valence electrons. The molecule has 0 radical (unpaired) electrons. The first kappa shape index (κ1) is 11.1. The van der Waals surface area contributed by atoms with Crippen molar-refractivity contribution in [1.82, 2.24) is 10.6 Å². The van der Waals surface area contributed by atoms with Crippen LogP contribution in [0, 0.1) is 0 Å². The topological polar surface area (TPSA) is 50.4 Å². The van der Waals surface area contributed by atoms with Crippen LogP contribution in [-0.4, -0.2) is 26.2 Å². The van der Waals surface area contributed by atoms with Gasteiger partial charge in [-0.15, -0.1) is 0 Å². The number of fused-ring (bicyclic) bond motifs is 1. The molecule has 0 aliphatic carbocycles. The summed E-state index contributed by atoms with van der Waals surface area (Å²) in [6.45, 7) is 1.15. The minimum atomic E-state index is -0.246. The second-order valence-electron chi connectivity index (χ2n) is 3.79. The van der Waals surface area contributed by atoms with E-state index < -0.39 is 0 Å². The lowest BCUT2D eigenvalue weighted by Crippen LogP contribution is -2.41. The second-order valence-corrected chi connectivity index (χ2v) is 3.79. The molecule has 1 unspecified atom stereocenters. The normalized spacial score (nSPS) is 18.9. The second kappa shape index (κ2) is 5.09. The van der Waals surface area contributed by atoms with Crippen LogP contribution < -0.4 is 10.6 Å². The Balaban J connectivity index is 2.04. The number of esters is 1. The number of rotatable bonds is 3. The van der Waals surface area contributed by atoms with E-state index in [1.54, 1.807) is 0 Å². The standard InChI is InChI=1S/C12H16N2O2/c1-16-11(15)8-14-12-10-5-3-2-4-9(10)6-7-13-12/h2-5,12-14H,6-8H2,1H3. The summed E-state index contributed by atoms with van der Waals surface area (Å²) in [6, 6.07) is 8.26. The predicted molar refractivity (Wildman–Crippen MR) is 60.9 cm³/mol. The molecule has 0 saturated carbocycles. The zero-order chi connectivity index (χ0) is 11.4. The van der Waals surface area contributed by atoms with Crippen LogP contribution in [0.4, 0.5) is 0 Å². The molecule has 0 bridgehead atoms. The number of hydrogen-bond acceptors (Lipinski definition) is 4. The largest absolute Gasteiger partial charge is 0.468 e. The minimum absolute atomic E-state index is 0.0454. The molecular formula is C12H16N2O2. The molecule has 1 atom stereocenters. The fourth-order valence-electron chi connectivity index (χ4n) is 1.94. The van der Waals surface area contributed by atoms with Crippen molar-refractivity contribution in [2.24, 2.45) is 0 Å². The highest BCUT2D eigenvalue weighted by molar-refractivity contribution is 5.71. The Kier molecular flexibility index (Phi) is 3.54. The molecule has 1 heterocycles. The molecular weight excluding hydrogens is 204 g/mol. The highest BCUT2D eigenvalue weighted by atomic mass is 16.5. The molecule has 4 heteroatoms. The van der Waals surface area contributed by atoms with Gasteiger partial charge in [0.15, 0.2) is 0 Å². The van der Waals surface area contributed by atoms with Gasteiger partial charge in [0, 0.05) is 6.54 Å². The lowest BCUT2D eigenvalue weighted by atomic mass is 9.98. The molecule has 1 aliphatic rings. The van der Waals surface area contributed by atoms with Crippen LogP contribution >= 0.6 is 0 Å². The Hall–Kier alpha value is -1.39. The Labute approximate surface area is 95.0 Å². The molecule has 1 aliphatic heterocycles. The van der Waals surface area contributed by atoms with Gasteiger partial charge >= 0.3 is 5.97 Å². The van der Waals surface area contributed by atoms with E-state index in [2.05, 4.69) is 27.5 Å². The van der Waals surface area contributed by atoms with Crippen molar-refractivity contribution in [2.45, 2.75) is 12.6 Å². The van der Waals surface area contributed by atoms with Gasteiger partial charge in [-0.2, -0.15) is 0 Å². The number of hydrogen-bond donors (Lipinski definition) is 2. The average Bonchev–Trinajstić information content (AvgIpc) is 2.35. The number of ether oxygens (including phenoxy) is 1. The van der Waals surface area contributed by atoms with Crippen LogP contribution in [0.2, 0.25) is 0 Å². The van der Waals surface area contributed by atoms with Crippen LogP contribution in [0.25, 0.3) is 0 Å². The van der Waals surface area contributed by atoms with E-state index in [1.165, 1.54) is 18.2 Å². The van der Waals surface area contributed by atoms with Crippen molar-refractivity contribution < 1.29 is 9.53 Å². The van der Waals surface area contributed by atoms with Gasteiger partial charge in [-0.25, -0.2) is 0 Å². The van der Waals surface area contributed by atoms with Crippen molar-refractivity contribution in [2.75, 3.05) is 20.2 Å². The van der Waals surface area contributed by atoms with Gasteiger partial charge < -0.3 is 4.74 Å². The van der Waals surface area contributed by atoms with Crippen molar-refractivity contribution in [3.8, 4) is 0 Å². The first-order valence-electron chi connectivity index (χ1n) is 5.42. The minimum Gasteiger partial charge on any atom is -0.468 e. The van der Waals surface area contributed by atoms with Crippen LogP contribution in [0.15, 0.2) is 24.3 Å². The van der Waals surface area contributed by atoms with E-state index in [4.69, 9.17) is 0 Å². The van der Waals surface area contributed by atoms with Crippen LogP contribution in [-0.2, 0) is 16.0 Å². The first-order chi connectivity index (χ1) is 7.81. The van der Waals surface area contributed by atoms with Crippen molar-refractivity contribution in [1.29, 1.82) is 0 Å². The van der Waals surface area contributed by atoms with E-state index in [0.717, 1.165) is 13.0 Å². The highest BCUT2D eigenvalue weighted by Crippen LogP contribution is 2.20. The molecule has 1 aromatic carbocycles. The van der Waals surface area contributed by atoms with Gasteiger partial charge in [0.25, 0.3) is 0 Å². The van der Waals surface area contributed by atoms with Crippen LogP contribution in [0.5, 0.6) is 0 Å². The third-order valence-electron chi connectivity index (χ3n) is 2.79. The highest BCUT2D eigenvalue weighted by Gasteiger charge is 2.18. The summed E-state index contributed by atoms with van der Waals surface area (Å²) >= 11 is 0. The lowest BCUT2D eigenvalue weighted by molar-refractivity contribution is -0.139. The molecule has 16 heavy (non-hydrogen) atoms. The molecule has 0 fully saturated rings. The third kappa shape index (κ3) is 2.40. The Bertz CT molecular complexity index is 379. The molecule has 0 amide bonds. The fourth-order valence-corrected chi connectivity index (χ4v) is 1.94. The number of carbonyl (C=O) groups excluding carboxylic acids is 1. The van der Waals surface area contributed by atoms with Gasteiger partial charge in [0.1, 0.15) is 0 Å². The summed E-state index contributed by atoms with van der Waals surface area (Å²) in [5.41, 5.74) is 2.56. The quantitative estimate of drug-likeness (QED) is 0.732. The first-order valence-corrected chi connectivity index (χ1v) is 5.42. The summed E-state index contributed by atoms with van der Waals surface area (Å²) in [4.78, 5) is 11.1. The molecule has 4 nitrogen and oxygen atoms in total. The monoisotopic (exact) mass is 220 g/mol. The number of nitrogens with one attached hydrogen (secondary N) is 2. The molecule has 2 N–H and O–H groups in total. The van der Waals surface area contributed by atoms with E-state index in [-0.39, 0.29) is 18.7 Å². The van der Waals surface area contributed by atoms with Crippen molar-refractivity contribution >= 4 is 5.97 Å². The Morgan fingerprint density at radius 3 is 3.19 bits per heavy atom. The van der Waals surface area contributed by atoms with Gasteiger partial charge in [-0.1, -0.05) is 24.3 Å². The fraction of sp³-hybridized carbons (Fsp3) is 0.417. The van der Waals surface area contributed by atoms with Gasteiger partial charge in [-0.05, 0) is 17.5 Å². The lowest BCUT2D eigenvalue weighted by Gasteiger charge is -2.27. The Morgan fingerprint density at radius 1 is 1.56 bits per heavy atom. The molecule has 2 rings (SSSR count). The van der Waals surface area contributed by atoms with E-state index >= 15 is 0 Å². The SMILES string of the molecule is COC(=O)CNC1NCCc2ccccc21. The molecule has 0 spiro atoms. The van der Waals surface area contributed by atoms with Gasteiger partial charge in [0.2, 0.25) is 0 Å². The van der Waals surface area contributed by atoms with Gasteiger partial charge in [0.05, 0.1) is 19.8 Å². The number of benzene rings is 1. The predicted octanol–water partition coefficient (Wildman–Crippen LogP) is 0.594. The number of methoxy groups -OCH3 is 1. The van der Waals surface area contributed by atoms with Crippen molar-refractivity contribution in [3.05, 3.63) is 35.4 Å². The van der Waals surface area contributed by atoms with E-state index in [1.807, 2.05) is 12.1 Å². The van der Waals surface area contributed by atoms with Crippen LogP contribution in [0.3, 0.4) is 0 Å². The summed E-state index contributed by atoms with van der Waals surface area (Å²) in [5, 5.41) is 6.48. The maximum atomic E-state index is 11.1. The summed E-state index contributed by atoms with van der Waals surface area (Å²) < 4.78 is 4.60. The molecule has 0 saturated heterocycles. The maximum Gasteiger partial charge on any atom is 0.319 e. The summed E-state index contributed by atoms with van der Waals surface area (Å²) in [7, 11) is 1.40. The third-order valence-corrected chi connectivity index (χ3v) is 2.79. The number of carbonyl (C=O) groups is 1. The van der Waals surface area contributed by atoms with Gasteiger partial charge in [-0.3, -0.25) is 15.4 Å². The summed E-state index contributed by atoms with van der Waals surface area (Å²) in [5.74, 6) is -0.246. The molecule has 0 aromatic heterocycles. The zero-order valence-corrected chi connectivity index (χ0v) is 9.32. The molecule has 1 aromatic rings. The smallest absolute Gasteiger partial charge is 0.319 e.